The van der Waals surface area contributed by atoms with Gasteiger partial charge < -0.3 is 10.1 Å². The smallest absolute Gasteiger partial charge is 0.167 e. The Balaban J connectivity index is 2.52. The Kier molecular flexibility index (Phi) is 5.09. The molecule has 0 saturated carbocycles. The second-order valence-electron chi connectivity index (χ2n) is 4.19. The van der Waals surface area contributed by atoms with Gasteiger partial charge in [0.15, 0.2) is 11.6 Å². The van der Waals surface area contributed by atoms with E-state index in [1.165, 1.54) is 6.07 Å². The molecule has 1 aromatic carbocycles. The summed E-state index contributed by atoms with van der Waals surface area (Å²) in [6, 6.07) is 4.98. The number of hydrogen-bond acceptors (Lipinski definition) is 2. The average molecular weight is 225 g/mol. The van der Waals surface area contributed by atoms with Gasteiger partial charge in [-0.15, -0.1) is 0 Å². The van der Waals surface area contributed by atoms with Gasteiger partial charge >= 0.3 is 0 Å². The number of hydrogen-bond donors (Lipinski definition) is 1. The lowest BCUT2D eigenvalue weighted by atomic mass is 10.1. The Labute approximate surface area is 96.8 Å². The van der Waals surface area contributed by atoms with Crippen molar-refractivity contribution in [2.24, 2.45) is 5.92 Å². The van der Waals surface area contributed by atoms with Crippen LogP contribution in [-0.2, 0) is 0 Å². The molecule has 0 heterocycles. The van der Waals surface area contributed by atoms with Crippen molar-refractivity contribution in [1.82, 2.24) is 0 Å². The molecule has 90 valence electrons. The fourth-order valence-electron chi connectivity index (χ4n) is 1.39. The van der Waals surface area contributed by atoms with Crippen molar-refractivity contribution in [2.45, 2.75) is 27.2 Å². The lowest BCUT2D eigenvalue weighted by Crippen LogP contribution is -2.05. The van der Waals surface area contributed by atoms with Crippen LogP contribution in [0.15, 0.2) is 18.2 Å². The molecule has 0 fully saturated rings. The van der Waals surface area contributed by atoms with Crippen molar-refractivity contribution < 1.29 is 9.13 Å². The van der Waals surface area contributed by atoms with Gasteiger partial charge in [-0.1, -0.05) is 13.8 Å². The van der Waals surface area contributed by atoms with E-state index in [1.807, 2.05) is 13.0 Å². The molecule has 3 heteroatoms. The maximum atomic E-state index is 13.5. The standard InChI is InChI=1S/C13H20FNO/c1-4-16-13-6-5-11(9-12(13)14)15-8-7-10(2)3/h5-6,9-10,15H,4,7-8H2,1-3H3. The van der Waals surface area contributed by atoms with E-state index >= 15 is 0 Å². The van der Waals surface area contributed by atoms with E-state index in [0.717, 1.165) is 18.7 Å². The van der Waals surface area contributed by atoms with Gasteiger partial charge in [-0.25, -0.2) is 4.39 Å². The van der Waals surface area contributed by atoms with Gasteiger partial charge in [-0.2, -0.15) is 0 Å². The fourth-order valence-corrected chi connectivity index (χ4v) is 1.39. The van der Waals surface area contributed by atoms with Gasteiger partial charge in [0, 0.05) is 18.3 Å². The number of anilines is 1. The van der Waals surface area contributed by atoms with Gasteiger partial charge in [0.05, 0.1) is 6.61 Å². The third kappa shape index (κ3) is 4.09. The summed E-state index contributed by atoms with van der Waals surface area (Å²) in [5.41, 5.74) is 0.807. The number of nitrogens with one attached hydrogen (secondary N) is 1. The zero-order valence-electron chi connectivity index (χ0n) is 10.2. The van der Waals surface area contributed by atoms with E-state index in [9.17, 15) is 4.39 Å². The van der Waals surface area contributed by atoms with Crippen LogP contribution in [0.1, 0.15) is 27.2 Å². The maximum absolute atomic E-state index is 13.5. The van der Waals surface area contributed by atoms with Crippen LogP contribution in [0.5, 0.6) is 5.75 Å². The summed E-state index contributed by atoms with van der Waals surface area (Å²) in [5.74, 6) is 0.661. The van der Waals surface area contributed by atoms with Crippen molar-refractivity contribution >= 4 is 5.69 Å². The Morgan fingerprint density at radius 2 is 2.12 bits per heavy atom. The predicted molar refractivity (Wildman–Crippen MR) is 65.5 cm³/mol. The minimum Gasteiger partial charge on any atom is -0.491 e. The molecule has 0 aliphatic rings. The molecule has 1 N–H and O–H groups in total. The molecule has 0 saturated heterocycles. The summed E-state index contributed by atoms with van der Waals surface area (Å²) in [6.45, 7) is 7.53. The Morgan fingerprint density at radius 3 is 2.69 bits per heavy atom. The third-order valence-electron chi connectivity index (χ3n) is 2.28. The molecule has 0 bridgehead atoms. The molecule has 0 aromatic heterocycles. The van der Waals surface area contributed by atoms with Crippen molar-refractivity contribution in [3.05, 3.63) is 24.0 Å². The van der Waals surface area contributed by atoms with E-state index < -0.39 is 0 Å². The van der Waals surface area contributed by atoms with Crippen molar-refractivity contribution in [2.75, 3.05) is 18.5 Å². The molecule has 0 amide bonds. The first-order valence-electron chi connectivity index (χ1n) is 5.79. The third-order valence-corrected chi connectivity index (χ3v) is 2.28. The molecule has 16 heavy (non-hydrogen) atoms. The molecule has 0 aliphatic carbocycles. The van der Waals surface area contributed by atoms with Crippen LogP contribution in [0.4, 0.5) is 10.1 Å². The van der Waals surface area contributed by atoms with Crippen molar-refractivity contribution in [3.63, 3.8) is 0 Å². The number of ether oxygens (including phenoxy) is 1. The first-order valence-corrected chi connectivity index (χ1v) is 5.79. The van der Waals surface area contributed by atoms with Gasteiger partial charge in [0.25, 0.3) is 0 Å². The van der Waals surface area contributed by atoms with Gasteiger partial charge in [0.1, 0.15) is 0 Å². The molecular formula is C13H20FNO. The van der Waals surface area contributed by atoms with E-state index in [-0.39, 0.29) is 5.82 Å². The van der Waals surface area contributed by atoms with Gasteiger partial charge in [0.2, 0.25) is 0 Å². The van der Waals surface area contributed by atoms with E-state index in [4.69, 9.17) is 4.74 Å². The van der Waals surface area contributed by atoms with E-state index in [1.54, 1.807) is 6.07 Å². The largest absolute Gasteiger partial charge is 0.491 e. The highest BCUT2D eigenvalue weighted by atomic mass is 19.1. The fraction of sp³-hybridized carbons (Fsp3) is 0.538. The SMILES string of the molecule is CCOc1ccc(NCCC(C)C)cc1F. The molecule has 0 aliphatic heterocycles. The Morgan fingerprint density at radius 1 is 1.38 bits per heavy atom. The molecule has 2 nitrogen and oxygen atoms in total. The van der Waals surface area contributed by atoms with Crippen LogP contribution in [0.2, 0.25) is 0 Å². The minimum absolute atomic E-state index is 0.309. The first-order chi connectivity index (χ1) is 7.63. The quantitative estimate of drug-likeness (QED) is 0.797. The van der Waals surface area contributed by atoms with Crippen LogP contribution >= 0.6 is 0 Å². The number of rotatable bonds is 6. The van der Waals surface area contributed by atoms with Crippen LogP contribution in [0.3, 0.4) is 0 Å². The second kappa shape index (κ2) is 6.36. The van der Waals surface area contributed by atoms with Crippen LogP contribution in [-0.4, -0.2) is 13.2 Å². The van der Waals surface area contributed by atoms with E-state index in [2.05, 4.69) is 19.2 Å². The molecular weight excluding hydrogens is 205 g/mol. The second-order valence-corrected chi connectivity index (χ2v) is 4.19. The summed E-state index contributed by atoms with van der Waals surface area (Å²) in [4.78, 5) is 0. The zero-order chi connectivity index (χ0) is 12.0. The minimum atomic E-state index is -0.309. The number of benzene rings is 1. The van der Waals surface area contributed by atoms with Crippen LogP contribution in [0.25, 0.3) is 0 Å². The molecule has 1 aromatic rings. The highest BCUT2D eigenvalue weighted by Gasteiger charge is 2.03. The predicted octanol–water partition coefficient (Wildman–Crippen LogP) is 3.68. The van der Waals surface area contributed by atoms with Crippen molar-refractivity contribution in [3.8, 4) is 5.75 Å². The normalized spacial score (nSPS) is 10.6. The lowest BCUT2D eigenvalue weighted by molar-refractivity contribution is 0.321. The topological polar surface area (TPSA) is 21.3 Å². The summed E-state index contributed by atoms with van der Waals surface area (Å²) < 4.78 is 18.6. The van der Waals surface area contributed by atoms with E-state index in [0.29, 0.717) is 18.3 Å². The summed E-state index contributed by atoms with van der Waals surface area (Å²) in [5, 5.41) is 3.19. The zero-order valence-corrected chi connectivity index (χ0v) is 10.2. The van der Waals surface area contributed by atoms with Crippen molar-refractivity contribution in [1.29, 1.82) is 0 Å². The van der Waals surface area contributed by atoms with Gasteiger partial charge in [-0.3, -0.25) is 0 Å². The molecule has 0 unspecified atom stereocenters. The average Bonchev–Trinajstić information content (AvgIpc) is 2.21. The van der Waals surface area contributed by atoms with Crippen LogP contribution in [0, 0.1) is 11.7 Å². The molecule has 0 atom stereocenters. The Bertz CT molecular complexity index is 326. The molecule has 0 spiro atoms. The lowest BCUT2D eigenvalue weighted by Gasteiger charge is -2.10. The highest BCUT2D eigenvalue weighted by molar-refractivity contribution is 5.47. The van der Waals surface area contributed by atoms with Crippen LogP contribution < -0.4 is 10.1 Å². The monoisotopic (exact) mass is 225 g/mol. The number of halogens is 1. The first kappa shape index (κ1) is 12.8. The Hall–Kier alpha value is -1.25. The molecule has 1 rings (SSSR count). The summed E-state index contributed by atoms with van der Waals surface area (Å²) in [7, 11) is 0. The highest BCUT2D eigenvalue weighted by Crippen LogP contribution is 2.21. The molecule has 0 radical (unpaired) electrons. The summed E-state index contributed by atoms with van der Waals surface area (Å²) >= 11 is 0. The maximum Gasteiger partial charge on any atom is 0.167 e. The summed E-state index contributed by atoms with van der Waals surface area (Å²) in [6.07, 6.45) is 1.08. The van der Waals surface area contributed by atoms with Gasteiger partial charge in [-0.05, 0) is 31.4 Å².